The third-order valence-corrected chi connectivity index (χ3v) is 4.81. The fraction of sp³-hybridized carbons (Fsp3) is 0.611. The van der Waals surface area contributed by atoms with Gasteiger partial charge in [-0.3, -0.25) is 14.9 Å². The smallest absolute Gasteiger partial charge is 0.286 e. The van der Waals surface area contributed by atoms with Gasteiger partial charge in [0.05, 0.1) is 31.8 Å². The van der Waals surface area contributed by atoms with Crippen molar-refractivity contribution in [2.75, 3.05) is 54.1 Å². The zero-order valence-electron chi connectivity index (χ0n) is 16.0. The molecule has 0 saturated carbocycles. The summed E-state index contributed by atoms with van der Waals surface area (Å²) in [7, 11) is 4.50. The van der Waals surface area contributed by atoms with Gasteiger partial charge in [-0.05, 0) is 31.8 Å². The van der Waals surface area contributed by atoms with Gasteiger partial charge in [0.2, 0.25) is 0 Å². The number of hydrogen-bond acceptors (Lipinski definition) is 7. The number of rotatable bonds is 9. The van der Waals surface area contributed by atoms with Crippen LogP contribution in [0.25, 0.3) is 0 Å². The van der Waals surface area contributed by atoms with Crippen molar-refractivity contribution in [3.05, 3.63) is 27.8 Å². The molecule has 1 aliphatic rings. The van der Waals surface area contributed by atoms with Gasteiger partial charge in [0.1, 0.15) is 5.56 Å². The fourth-order valence-electron chi connectivity index (χ4n) is 3.17. The molecular formula is C18H27N3O6. The van der Waals surface area contributed by atoms with Crippen molar-refractivity contribution in [3.63, 3.8) is 0 Å². The first-order chi connectivity index (χ1) is 13.0. The molecule has 9 nitrogen and oxygen atoms in total. The van der Waals surface area contributed by atoms with E-state index in [0.717, 1.165) is 32.5 Å². The maximum Gasteiger partial charge on any atom is 0.286 e. The van der Waals surface area contributed by atoms with Gasteiger partial charge < -0.3 is 24.4 Å². The van der Waals surface area contributed by atoms with Crippen LogP contribution in [0.1, 0.15) is 23.2 Å². The van der Waals surface area contributed by atoms with E-state index >= 15 is 0 Å². The lowest BCUT2D eigenvalue weighted by Crippen LogP contribution is -2.39. The summed E-state index contributed by atoms with van der Waals surface area (Å²) in [4.78, 5) is 25.6. The maximum absolute atomic E-state index is 12.5. The molecule has 0 aliphatic carbocycles. The highest BCUT2D eigenvalue weighted by molar-refractivity contribution is 5.99. The van der Waals surface area contributed by atoms with Gasteiger partial charge in [-0.2, -0.15) is 0 Å². The van der Waals surface area contributed by atoms with Crippen LogP contribution in [0.3, 0.4) is 0 Å². The molecule has 0 bridgehead atoms. The predicted octanol–water partition coefficient (Wildman–Crippen LogP) is 1.70. The Bertz CT molecular complexity index is 659. The number of piperidine rings is 1. The molecule has 1 amide bonds. The number of carbonyl (C=O) groups excluding carboxylic acids is 1. The lowest BCUT2D eigenvalue weighted by Gasteiger charge is -2.31. The van der Waals surface area contributed by atoms with Crippen LogP contribution in [-0.4, -0.2) is 69.8 Å². The van der Waals surface area contributed by atoms with E-state index in [1.54, 1.807) is 7.11 Å². The van der Waals surface area contributed by atoms with Crippen LogP contribution in [0.5, 0.6) is 11.5 Å². The molecule has 2 rings (SSSR count). The zero-order chi connectivity index (χ0) is 19.8. The van der Waals surface area contributed by atoms with Crippen LogP contribution in [0.2, 0.25) is 0 Å². The number of nitrogens with one attached hydrogen (secondary N) is 1. The molecule has 1 heterocycles. The van der Waals surface area contributed by atoms with E-state index in [-0.39, 0.29) is 22.7 Å². The van der Waals surface area contributed by atoms with Crippen molar-refractivity contribution < 1.29 is 23.9 Å². The van der Waals surface area contributed by atoms with E-state index in [1.165, 1.54) is 26.4 Å². The van der Waals surface area contributed by atoms with Gasteiger partial charge in [0, 0.05) is 26.3 Å². The van der Waals surface area contributed by atoms with Gasteiger partial charge in [-0.15, -0.1) is 0 Å². The Morgan fingerprint density at radius 1 is 1.22 bits per heavy atom. The minimum absolute atomic E-state index is 0.0322. The lowest BCUT2D eigenvalue weighted by atomic mass is 9.96. The summed E-state index contributed by atoms with van der Waals surface area (Å²) in [6.45, 7) is 4.03. The van der Waals surface area contributed by atoms with Crippen molar-refractivity contribution >= 4 is 11.6 Å². The molecular weight excluding hydrogens is 354 g/mol. The number of carbonyl (C=O) groups is 1. The molecule has 1 aromatic carbocycles. The summed E-state index contributed by atoms with van der Waals surface area (Å²) in [6, 6.07) is 2.56. The van der Waals surface area contributed by atoms with E-state index in [9.17, 15) is 14.9 Å². The van der Waals surface area contributed by atoms with Crippen molar-refractivity contribution in [2.45, 2.75) is 12.8 Å². The molecule has 0 radical (unpaired) electrons. The summed E-state index contributed by atoms with van der Waals surface area (Å²) >= 11 is 0. The van der Waals surface area contributed by atoms with Crippen LogP contribution in [0.4, 0.5) is 5.69 Å². The quantitative estimate of drug-likeness (QED) is 0.513. The molecule has 0 spiro atoms. The highest BCUT2D eigenvalue weighted by Crippen LogP contribution is 2.34. The van der Waals surface area contributed by atoms with Crippen LogP contribution in [0.15, 0.2) is 12.1 Å². The Balaban J connectivity index is 1.99. The van der Waals surface area contributed by atoms with E-state index in [0.29, 0.717) is 19.1 Å². The number of nitrogens with zero attached hydrogens (tertiary/aromatic N) is 2. The van der Waals surface area contributed by atoms with Crippen LogP contribution in [0, 0.1) is 16.0 Å². The summed E-state index contributed by atoms with van der Waals surface area (Å²) in [6.07, 6.45) is 1.94. The summed E-state index contributed by atoms with van der Waals surface area (Å²) in [5.41, 5.74) is -0.338. The molecule has 9 heteroatoms. The number of nitro groups is 1. The fourth-order valence-corrected chi connectivity index (χ4v) is 3.17. The summed E-state index contributed by atoms with van der Waals surface area (Å²) in [5, 5.41) is 14.2. The predicted molar refractivity (Wildman–Crippen MR) is 99.6 cm³/mol. The molecule has 1 aliphatic heterocycles. The number of benzene rings is 1. The van der Waals surface area contributed by atoms with E-state index < -0.39 is 10.8 Å². The molecule has 1 saturated heterocycles. The van der Waals surface area contributed by atoms with Crippen molar-refractivity contribution in [2.24, 2.45) is 5.92 Å². The average molecular weight is 381 g/mol. The Morgan fingerprint density at radius 3 is 2.41 bits per heavy atom. The van der Waals surface area contributed by atoms with Gasteiger partial charge in [-0.1, -0.05) is 0 Å². The number of likely N-dealkylation sites (tertiary alicyclic amines) is 1. The Labute approximate surface area is 158 Å². The van der Waals surface area contributed by atoms with Crippen LogP contribution in [-0.2, 0) is 4.74 Å². The summed E-state index contributed by atoms with van der Waals surface area (Å²) in [5.74, 6) is 0.361. The lowest BCUT2D eigenvalue weighted by molar-refractivity contribution is -0.385. The number of ether oxygens (including phenoxy) is 3. The highest BCUT2D eigenvalue weighted by Gasteiger charge is 2.26. The minimum atomic E-state index is -0.592. The summed E-state index contributed by atoms with van der Waals surface area (Å²) < 4.78 is 15.3. The minimum Gasteiger partial charge on any atom is -0.493 e. The van der Waals surface area contributed by atoms with Crippen LogP contribution >= 0.6 is 0 Å². The standard InChI is InChI=1S/C18H27N3O6/c1-25-9-8-20-6-4-13(5-7-20)12-19-18(22)14-10-16(26-2)17(27-3)11-15(14)21(23)24/h10-11,13H,4-9,12H2,1-3H3,(H,19,22). The topological polar surface area (TPSA) is 103 Å². The second kappa shape index (κ2) is 10.1. The monoisotopic (exact) mass is 381 g/mol. The van der Waals surface area contributed by atoms with Crippen molar-refractivity contribution in [1.29, 1.82) is 0 Å². The SMILES string of the molecule is COCCN1CCC(CNC(=O)c2cc(OC)c(OC)cc2[N+](=O)[O-])CC1. The first-order valence-corrected chi connectivity index (χ1v) is 8.90. The van der Waals surface area contributed by atoms with Crippen LogP contribution < -0.4 is 14.8 Å². The van der Waals surface area contributed by atoms with E-state index in [4.69, 9.17) is 14.2 Å². The third-order valence-electron chi connectivity index (χ3n) is 4.81. The zero-order valence-corrected chi connectivity index (χ0v) is 16.0. The normalized spacial score (nSPS) is 15.4. The van der Waals surface area contributed by atoms with E-state index in [1.807, 2.05) is 0 Å². The molecule has 1 N–H and O–H groups in total. The van der Waals surface area contributed by atoms with Gasteiger partial charge in [-0.25, -0.2) is 0 Å². The van der Waals surface area contributed by atoms with Gasteiger partial charge in [0.25, 0.3) is 11.6 Å². The molecule has 27 heavy (non-hydrogen) atoms. The van der Waals surface area contributed by atoms with Gasteiger partial charge >= 0.3 is 0 Å². The molecule has 0 atom stereocenters. The van der Waals surface area contributed by atoms with E-state index in [2.05, 4.69) is 10.2 Å². The highest BCUT2D eigenvalue weighted by atomic mass is 16.6. The maximum atomic E-state index is 12.5. The first kappa shape index (κ1) is 20.9. The largest absolute Gasteiger partial charge is 0.493 e. The molecule has 150 valence electrons. The Morgan fingerprint density at radius 2 is 1.85 bits per heavy atom. The number of amides is 1. The van der Waals surface area contributed by atoms with Crippen molar-refractivity contribution in [3.8, 4) is 11.5 Å². The number of nitro benzene ring substituents is 1. The first-order valence-electron chi connectivity index (χ1n) is 8.90. The molecule has 0 aromatic heterocycles. The van der Waals surface area contributed by atoms with Crippen molar-refractivity contribution in [1.82, 2.24) is 10.2 Å². The Hall–Kier alpha value is -2.39. The number of hydrogen-bond donors (Lipinski definition) is 1. The third kappa shape index (κ3) is 5.54. The number of methoxy groups -OCH3 is 3. The average Bonchev–Trinajstić information content (AvgIpc) is 2.69. The van der Waals surface area contributed by atoms with Gasteiger partial charge in [0.15, 0.2) is 11.5 Å². The second-order valence-corrected chi connectivity index (χ2v) is 6.47. The Kier molecular flexibility index (Phi) is 7.81. The molecule has 0 unspecified atom stereocenters. The second-order valence-electron chi connectivity index (χ2n) is 6.47. The molecule has 1 aromatic rings. The molecule has 1 fully saturated rings.